The van der Waals surface area contributed by atoms with Gasteiger partial charge in [0.05, 0.1) is 18.7 Å². The van der Waals surface area contributed by atoms with Crippen molar-refractivity contribution in [3.8, 4) is 6.07 Å². The molecule has 2 rings (SSSR count). The van der Waals surface area contributed by atoms with E-state index in [1.54, 1.807) is 6.92 Å². The van der Waals surface area contributed by atoms with Crippen molar-refractivity contribution in [1.82, 2.24) is 5.32 Å². The summed E-state index contributed by atoms with van der Waals surface area (Å²) in [6.07, 6.45) is 2.85. The highest BCUT2D eigenvalue weighted by molar-refractivity contribution is 5.82. The molecule has 22 heavy (non-hydrogen) atoms. The van der Waals surface area contributed by atoms with E-state index in [1.165, 1.54) is 0 Å². The Labute approximate surface area is 131 Å². The van der Waals surface area contributed by atoms with E-state index in [9.17, 15) is 15.2 Å². The molecule has 0 saturated heterocycles. The molecule has 0 heterocycles. The van der Waals surface area contributed by atoms with Crippen LogP contribution in [0, 0.1) is 11.3 Å². The zero-order valence-corrected chi connectivity index (χ0v) is 13.0. The fraction of sp³-hybridized carbons (Fsp3) is 0.529. The molecule has 1 aromatic carbocycles. The molecule has 1 fully saturated rings. The van der Waals surface area contributed by atoms with Crippen LogP contribution in [0.25, 0.3) is 0 Å². The molecule has 118 valence electrons. The lowest BCUT2D eigenvalue weighted by molar-refractivity contribution is -0.121. The number of carbonyl (C=O) groups is 1. The van der Waals surface area contributed by atoms with Gasteiger partial charge in [0, 0.05) is 12.2 Å². The Balaban J connectivity index is 2.04. The molecule has 0 bridgehead atoms. The van der Waals surface area contributed by atoms with Crippen molar-refractivity contribution in [2.24, 2.45) is 0 Å². The third kappa shape index (κ3) is 4.22. The Kier molecular flexibility index (Phi) is 5.40. The van der Waals surface area contributed by atoms with Gasteiger partial charge in [0.15, 0.2) is 0 Å². The van der Waals surface area contributed by atoms with Crippen LogP contribution in [0.2, 0.25) is 0 Å². The number of amides is 1. The molecule has 0 spiro atoms. The highest BCUT2D eigenvalue weighted by atomic mass is 16.3. The SMILES string of the molecule is CC(O)CN(CC(=O)NC1(C#N)CCCC1)c1ccccc1. The van der Waals surface area contributed by atoms with Gasteiger partial charge < -0.3 is 15.3 Å². The normalized spacial score (nSPS) is 17.5. The summed E-state index contributed by atoms with van der Waals surface area (Å²) < 4.78 is 0. The molecule has 1 aromatic rings. The number of aliphatic hydroxyl groups is 1. The van der Waals surface area contributed by atoms with E-state index in [0.29, 0.717) is 6.54 Å². The van der Waals surface area contributed by atoms with Crippen molar-refractivity contribution in [1.29, 1.82) is 5.26 Å². The van der Waals surface area contributed by atoms with Gasteiger partial charge in [-0.2, -0.15) is 5.26 Å². The minimum absolute atomic E-state index is 0.137. The first-order valence-electron chi connectivity index (χ1n) is 7.75. The third-order valence-corrected chi connectivity index (χ3v) is 3.99. The molecule has 5 nitrogen and oxygen atoms in total. The monoisotopic (exact) mass is 301 g/mol. The number of carbonyl (C=O) groups excluding carboxylic acids is 1. The number of anilines is 1. The fourth-order valence-corrected chi connectivity index (χ4v) is 2.94. The number of para-hydroxylation sites is 1. The second-order valence-electron chi connectivity index (χ2n) is 6.01. The summed E-state index contributed by atoms with van der Waals surface area (Å²) in [5.74, 6) is -0.173. The molecule has 1 aliphatic rings. The Hall–Kier alpha value is -2.06. The van der Waals surface area contributed by atoms with Crippen LogP contribution in [0.3, 0.4) is 0 Å². The Morgan fingerprint density at radius 2 is 2.05 bits per heavy atom. The van der Waals surface area contributed by atoms with Crippen molar-refractivity contribution in [2.45, 2.75) is 44.2 Å². The van der Waals surface area contributed by atoms with Crippen LogP contribution < -0.4 is 10.2 Å². The maximum atomic E-state index is 12.3. The highest BCUT2D eigenvalue weighted by Gasteiger charge is 2.35. The molecular formula is C17H23N3O2. The Morgan fingerprint density at radius 3 is 2.59 bits per heavy atom. The summed E-state index contributed by atoms with van der Waals surface area (Å²) in [4.78, 5) is 14.2. The number of nitriles is 1. The summed E-state index contributed by atoms with van der Waals surface area (Å²) in [5.41, 5.74) is 0.181. The second kappa shape index (κ2) is 7.28. The summed E-state index contributed by atoms with van der Waals surface area (Å²) >= 11 is 0. The van der Waals surface area contributed by atoms with E-state index in [1.807, 2.05) is 35.2 Å². The average Bonchev–Trinajstić information content (AvgIpc) is 2.96. The van der Waals surface area contributed by atoms with E-state index < -0.39 is 11.6 Å². The van der Waals surface area contributed by atoms with Crippen molar-refractivity contribution in [3.63, 3.8) is 0 Å². The first-order chi connectivity index (χ1) is 10.5. The van der Waals surface area contributed by atoms with Crippen molar-refractivity contribution >= 4 is 11.6 Å². The Bertz CT molecular complexity index is 531. The van der Waals surface area contributed by atoms with Crippen LogP contribution in [0.5, 0.6) is 0 Å². The van der Waals surface area contributed by atoms with Crippen molar-refractivity contribution in [3.05, 3.63) is 30.3 Å². The molecule has 1 aliphatic carbocycles. The number of nitrogens with one attached hydrogen (secondary N) is 1. The number of nitrogens with zero attached hydrogens (tertiary/aromatic N) is 2. The van der Waals surface area contributed by atoms with E-state index in [4.69, 9.17) is 0 Å². The largest absolute Gasteiger partial charge is 0.392 e. The first-order valence-corrected chi connectivity index (χ1v) is 7.75. The molecule has 1 unspecified atom stereocenters. The highest BCUT2D eigenvalue weighted by Crippen LogP contribution is 2.28. The smallest absolute Gasteiger partial charge is 0.240 e. The molecule has 1 saturated carbocycles. The average molecular weight is 301 g/mol. The van der Waals surface area contributed by atoms with Gasteiger partial charge in [0.1, 0.15) is 5.54 Å². The van der Waals surface area contributed by atoms with Gasteiger partial charge in [0.25, 0.3) is 0 Å². The zero-order chi connectivity index (χ0) is 16.0. The predicted molar refractivity (Wildman–Crippen MR) is 85.3 cm³/mol. The quantitative estimate of drug-likeness (QED) is 0.840. The van der Waals surface area contributed by atoms with Gasteiger partial charge in [-0.05, 0) is 44.7 Å². The lowest BCUT2D eigenvalue weighted by Gasteiger charge is -2.28. The van der Waals surface area contributed by atoms with Gasteiger partial charge >= 0.3 is 0 Å². The summed E-state index contributed by atoms with van der Waals surface area (Å²) in [6.45, 7) is 2.21. The van der Waals surface area contributed by atoms with Crippen molar-refractivity contribution < 1.29 is 9.90 Å². The molecule has 0 radical (unpaired) electrons. The van der Waals surface area contributed by atoms with E-state index in [2.05, 4.69) is 11.4 Å². The maximum absolute atomic E-state index is 12.3. The van der Waals surface area contributed by atoms with Gasteiger partial charge in [-0.3, -0.25) is 4.79 Å². The van der Waals surface area contributed by atoms with Crippen LogP contribution >= 0.6 is 0 Å². The lowest BCUT2D eigenvalue weighted by atomic mass is 10.00. The van der Waals surface area contributed by atoms with Crippen LogP contribution in [0.1, 0.15) is 32.6 Å². The molecule has 0 aromatic heterocycles. The molecule has 0 aliphatic heterocycles. The van der Waals surface area contributed by atoms with Crippen LogP contribution in [0.15, 0.2) is 30.3 Å². The molecule has 1 atom stereocenters. The summed E-state index contributed by atoms with van der Waals surface area (Å²) in [6, 6.07) is 11.8. The van der Waals surface area contributed by atoms with Gasteiger partial charge in [-0.25, -0.2) is 0 Å². The Morgan fingerprint density at radius 1 is 1.41 bits per heavy atom. The molecule has 1 amide bonds. The minimum atomic E-state index is -0.704. The molecular weight excluding hydrogens is 278 g/mol. The first kappa shape index (κ1) is 16.3. The van der Waals surface area contributed by atoms with E-state index in [0.717, 1.165) is 31.4 Å². The molecule has 2 N–H and O–H groups in total. The standard InChI is InChI=1S/C17H23N3O2/c1-14(21)11-20(15-7-3-2-4-8-15)12-16(22)19-17(13-18)9-5-6-10-17/h2-4,7-8,14,21H,5-6,9-12H2,1H3,(H,19,22). The molecule has 5 heteroatoms. The summed E-state index contributed by atoms with van der Waals surface area (Å²) in [5, 5.41) is 21.9. The van der Waals surface area contributed by atoms with Crippen LogP contribution in [-0.2, 0) is 4.79 Å². The number of rotatable bonds is 6. The summed E-state index contributed by atoms with van der Waals surface area (Å²) in [7, 11) is 0. The number of aliphatic hydroxyl groups excluding tert-OH is 1. The van der Waals surface area contributed by atoms with Gasteiger partial charge in [0.2, 0.25) is 5.91 Å². The number of hydrogen-bond acceptors (Lipinski definition) is 4. The predicted octanol–water partition coefficient (Wildman–Crippen LogP) is 1.83. The maximum Gasteiger partial charge on any atom is 0.240 e. The second-order valence-corrected chi connectivity index (χ2v) is 6.01. The minimum Gasteiger partial charge on any atom is -0.392 e. The van der Waals surface area contributed by atoms with Crippen LogP contribution in [-0.4, -0.2) is 35.7 Å². The fourth-order valence-electron chi connectivity index (χ4n) is 2.94. The van der Waals surface area contributed by atoms with Gasteiger partial charge in [-0.15, -0.1) is 0 Å². The van der Waals surface area contributed by atoms with Crippen molar-refractivity contribution in [2.75, 3.05) is 18.0 Å². The number of hydrogen-bond donors (Lipinski definition) is 2. The van der Waals surface area contributed by atoms with E-state index in [-0.39, 0.29) is 12.5 Å². The van der Waals surface area contributed by atoms with Gasteiger partial charge in [-0.1, -0.05) is 18.2 Å². The zero-order valence-electron chi connectivity index (χ0n) is 13.0. The van der Waals surface area contributed by atoms with E-state index >= 15 is 0 Å². The topological polar surface area (TPSA) is 76.4 Å². The third-order valence-electron chi connectivity index (χ3n) is 3.99. The number of benzene rings is 1. The lowest BCUT2D eigenvalue weighted by Crippen LogP contribution is -2.49. The van der Waals surface area contributed by atoms with Crippen LogP contribution in [0.4, 0.5) is 5.69 Å².